The highest BCUT2D eigenvalue weighted by Gasteiger charge is 2.42. The Balaban J connectivity index is 1.54. The van der Waals surface area contributed by atoms with Gasteiger partial charge in [0.25, 0.3) is 5.89 Å². The van der Waals surface area contributed by atoms with Crippen molar-refractivity contribution in [2.24, 2.45) is 5.92 Å². The number of likely N-dealkylation sites (tertiary alicyclic amines) is 1. The van der Waals surface area contributed by atoms with Gasteiger partial charge in [0.2, 0.25) is 11.7 Å². The van der Waals surface area contributed by atoms with Gasteiger partial charge in [-0.05, 0) is 30.4 Å². The topological polar surface area (TPSA) is 94.8 Å². The van der Waals surface area contributed by atoms with E-state index in [9.17, 15) is 9.59 Å². The summed E-state index contributed by atoms with van der Waals surface area (Å²) in [5, 5.41) is 5.84. The largest absolute Gasteiger partial charge is 0.496 e. The lowest BCUT2D eigenvalue weighted by Gasteiger charge is -2.40. The molecule has 3 aromatic rings. The van der Waals surface area contributed by atoms with E-state index in [2.05, 4.69) is 17.1 Å². The normalized spacial score (nSPS) is 18.4. The Hall–Kier alpha value is -3.20. The molecule has 1 fully saturated rings. The quantitative estimate of drug-likeness (QED) is 0.422. The van der Waals surface area contributed by atoms with Crippen LogP contribution in [0.1, 0.15) is 50.0 Å². The second kappa shape index (κ2) is 10.6. The van der Waals surface area contributed by atoms with Gasteiger partial charge in [0.1, 0.15) is 5.75 Å². The number of rotatable bonds is 9. The molecule has 1 aliphatic heterocycles. The summed E-state index contributed by atoms with van der Waals surface area (Å²) >= 11 is 1.49. The Morgan fingerprint density at radius 3 is 2.88 bits per heavy atom. The fourth-order valence-electron chi connectivity index (χ4n) is 4.14. The zero-order chi connectivity index (χ0) is 23.2. The van der Waals surface area contributed by atoms with Gasteiger partial charge in [-0.15, -0.1) is 11.3 Å². The molecule has 0 radical (unpaired) electrons. The lowest BCUT2D eigenvalue weighted by atomic mass is 9.83. The molecule has 0 spiro atoms. The molecule has 33 heavy (non-hydrogen) atoms. The minimum Gasteiger partial charge on any atom is -0.496 e. The molecule has 3 heterocycles. The molecule has 0 bridgehead atoms. The van der Waals surface area contributed by atoms with Crippen LogP contribution in [-0.4, -0.2) is 40.6 Å². The Kier molecular flexibility index (Phi) is 7.39. The van der Waals surface area contributed by atoms with Gasteiger partial charge in [-0.1, -0.05) is 42.8 Å². The Labute approximate surface area is 196 Å². The first-order valence-electron chi connectivity index (χ1n) is 11.1. The fraction of sp³-hybridized carbons (Fsp3) is 0.417. The summed E-state index contributed by atoms with van der Waals surface area (Å²) in [5.74, 6) is 0.492. The van der Waals surface area contributed by atoms with Gasteiger partial charge >= 0.3 is 5.97 Å². The molecule has 1 amide bonds. The lowest BCUT2D eigenvalue weighted by Crippen LogP contribution is -2.46. The molecule has 1 saturated heterocycles. The number of piperidine rings is 1. The van der Waals surface area contributed by atoms with Crippen molar-refractivity contribution >= 4 is 23.2 Å². The first-order valence-corrected chi connectivity index (χ1v) is 12.0. The van der Waals surface area contributed by atoms with Crippen molar-refractivity contribution in [3.63, 3.8) is 0 Å². The standard InChI is InChI=1S/C24H27N3O5S/c1-3-4-13-27-21(28)12-11-17(22(27)16-8-5-6-9-18(16)30-2)24(29)31-15-20-25-23(32-26-20)19-10-7-14-33-19/h5-10,14,17,22H,3-4,11-13,15H2,1-2H3. The Morgan fingerprint density at radius 1 is 1.27 bits per heavy atom. The van der Waals surface area contributed by atoms with Gasteiger partial charge in [-0.25, -0.2) is 0 Å². The predicted molar refractivity (Wildman–Crippen MR) is 122 cm³/mol. The van der Waals surface area contributed by atoms with Crippen LogP contribution >= 0.6 is 11.3 Å². The number of amides is 1. The first kappa shape index (κ1) is 23.0. The predicted octanol–water partition coefficient (Wildman–Crippen LogP) is 4.63. The maximum absolute atomic E-state index is 13.2. The van der Waals surface area contributed by atoms with Crippen molar-refractivity contribution in [2.45, 2.75) is 45.3 Å². The average molecular weight is 470 g/mol. The second-order valence-electron chi connectivity index (χ2n) is 7.87. The van der Waals surface area contributed by atoms with E-state index in [-0.39, 0.29) is 18.5 Å². The third-order valence-corrected chi connectivity index (χ3v) is 6.62. The van der Waals surface area contributed by atoms with Crippen molar-refractivity contribution in [3.8, 4) is 16.5 Å². The van der Waals surface area contributed by atoms with Gasteiger partial charge in [0.15, 0.2) is 6.61 Å². The van der Waals surface area contributed by atoms with Crippen molar-refractivity contribution in [3.05, 3.63) is 53.2 Å². The van der Waals surface area contributed by atoms with Crippen molar-refractivity contribution in [1.29, 1.82) is 0 Å². The van der Waals surface area contributed by atoms with Crippen LogP contribution in [0.5, 0.6) is 5.75 Å². The third kappa shape index (κ3) is 5.08. The number of carbonyl (C=O) groups excluding carboxylic acids is 2. The van der Waals surface area contributed by atoms with Crippen LogP contribution in [0.15, 0.2) is 46.3 Å². The highest BCUT2D eigenvalue weighted by atomic mass is 32.1. The highest BCUT2D eigenvalue weighted by molar-refractivity contribution is 7.13. The van der Waals surface area contributed by atoms with Gasteiger partial charge < -0.3 is 18.9 Å². The molecule has 8 nitrogen and oxygen atoms in total. The number of thiophene rings is 1. The molecule has 0 saturated carbocycles. The molecular formula is C24H27N3O5S. The number of hydrogen-bond donors (Lipinski definition) is 0. The molecular weight excluding hydrogens is 442 g/mol. The van der Waals surface area contributed by atoms with E-state index in [0.717, 1.165) is 23.3 Å². The number of aromatic nitrogens is 2. The number of esters is 1. The van der Waals surface area contributed by atoms with Crippen LogP contribution in [0, 0.1) is 5.92 Å². The maximum Gasteiger partial charge on any atom is 0.311 e. The number of para-hydroxylation sites is 1. The highest BCUT2D eigenvalue weighted by Crippen LogP contribution is 2.41. The number of hydrogen-bond acceptors (Lipinski definition) is 8. The van der Waals surface area contributed by atoms with Gasteiger partial charge in [0, 0.05) is 18.5 Å². The van der Waals surface area contributed by atoms with Crippen LogP contribution in [0.3, 0.4) is 0 Å². The molecule has 1 aliphatic rings. The Morgan fingerprint density at radius 2 is 2.12 bits per heavy atom. The number of ether oxygens (including phenoxy) is 2. The molecule has 0 N–H and O–H groups in total. The Bertz CT molecular complexity index is 1080. The zero-order valence-electron chi connectivity index (χ0n) is 18.7. The maximum atomic E-state index is 13.2. The summed E-state index contributed by atoms with van der Waals surface area (Å²) in [6, 6.07) is 10.9. The minimum atomic E-state index is -0.514. The van der Waals surface area contributed by atoms with Crippen LogP contribution in [0.4, 0.5) is 0 Å². The SMILES string of the molecule is CCCCN1C(=O)CCC(C(=O)OCc2noc(-c3cccs3)n2)C1c1ccccc1OC. The van der Waals surface area contributed by atoms with E-state index in [0.29, 0.717) is 36.9 Å². The number of nitrogens with zero attached hydrogens (tertiary/aromatic N) is 3. The van der Waals surface area contributed by atoms with Crippen molar-refractivity contribution in [1.82, 2.24) is 15.0 Å². The molecule has 2 unspecified atom stereocenters. The van der Waals surface area contributed by atoms with E-state index >= 15 is 0 Å². The van der Waals surface area contributed by atoms with Gasteiger partial charge in [-0.2, -0.15) is 4.98 Å². The monoisotopic (exact) mass is 469 g/mol. The van der Waals surface area contributed by atoms with E-state index in [1.54, 1.807) is 12.0 Å². The summed E-state index contributed by atoms with van der Waals surface area (Å²) in [4.78, 5) is 33.1. The molecule has 9 heteroatoms. The number of benzene rings is 1. The number of unbranched alkanes of at least 4 members (excludes halogenated alkanes) is 1. The summed E-state index contributed by atoms with van der Waals surface area (Å²) in [5.41, 5.74) is 0.811. The van der Waals surface area contributed by atoms with E-state index in [1.165, 1.54) is 11.3 Å². The van der Waals surface area contributed by atoms with Crippen LogP contribution < -0.4 is 4.74 Å². The lowest BCUT2D eigenvalue weighted by molar-refractivity contribution is -0.158. The van der Waals surface area contributed by atoms with E-state index in [4.69, 9.17) is 14.0 Å². The third-order valence-electron chi connectivity index (χ3n) is 5.76. The summed E-state index contributed by atoms with van der Waals surface area (Å²) in [7, 11) is 1.59. The van der Waals surface area contributed by atoms with Crippen molar-refractivity contribution in [2.75, 3.05) is 13.7 Å². The first-order chi connectivity index (χ1) is 16.1. The molecule has 0 aliphatic carbocycles. The summed E-state index contributed by atoms with van der Waals surface area (Å²) in [6.07, 6.45) is 2.52. The minimum absolute atomic E-state index is 0.0437. The van der Waals surface area contributed by atoms with Gasteiger partial charge in [-0.3, -0.25) is 9.59 Å². The molecule has 2 aromatic heterocycles. The van der Waals surface area contributed by atoms with Gasteiger partial charge in [0.05, 0.1) is 23.9 Å². The van der Waals surface area contributed by atoms with E-state index in [1.807, 2.05) is 41.8 Å². The molecule has 4 rings (SSSR count). The van der Waals surface area contributed by atoms with E-state index < -0.39 is 12.0 Å². The van der Waals surface area contributed by atoms with Crippen LogP contribution in [0.2, 0.25) is 0 Å². The van der Waals surface area contributed by atoms with Crippen LogP contribution in [-0.2, 0) is 20.9 Å². The second-order valence-corrected chi connectivity index (χ2v) is 8.82. The average Bonchev–Trinajstić information content (AvgIpc) is 3.53. The number of carbonyl (C=O) groups is 2. The molecule has 2 atom stereocenters. The summed E-state index contributed by atoms with van der Waals surface area (Å²) in [6.45, 7) is 2.57. The molecule has 1 aromatic carbocycles. The zero-order valence-corrected chi connectivity index (χ0v) is 19.5. The van der Waals surface area contributed by atoms with Crippen molar-refractivity contribution < 1.29 is 23.6 Å². The smallest absolute Gasteiger partial charge is 0.311 e. The number of methoxy groups -OCH3 is 1. The summed E-state index contributed by atoms with van der Waals surface area (Å²) < 4.78 is 16.4. The molecule has 174 valence electrons. The fourth-order valence-corrected chi connectivity index (χ4v) is 4.79. The van der Waals surface area contributed by atoms with Crippen LogP contribution in [0.25, 0.3) is 10.8 Å².